The molecule has 0 radical (unpaired) electrons. The number of ether oxygens (including phenoxy) is 1. The van der Waals surface area contributed by atoms with Crippen LogP contribution in [0.3, 0.4) is 0 Å². The largest absolute Gasteiger partial charge is 0.479 e. The molecule has 0 saturated carbocycles. The second-order valence-corrected chi connectivity index (χ2v) is 3.91. The number of carboxylic acids is 1. The van der Waals surface area contributed by atoms with Gasteiger partial charge >= 0.3 is 5.97 Å². The van der Waals surface area contributed by atoms with Gasteiger partial charge in [-0.05, 0) is 38.6 Å². The second-order valence-electron chi connectivity index (χ2n) is 3.73. The van der Waals surface area contributed by atoms with Gasteiger partial charge in [-0.1, -0.05) is 30.3 Å². The minimum Gasteiger partial charge on any atom is -0.479 e. The van der Waals surface area contributed by atoms with Crippen LogP contribution in [0.1, 0.15) is 26.3 Å². The zero-order valence-corrected chi connectivity index (χ0v) is 12.2. The second kappa shape index (κ2) is 9.39. The zero-order chi connectivity index (χ0) is 14.7. The first kappa shape index (κ1) is 17.4. The lowest BCUT2D eigenvalue weighted by atomic mass is 9.93. The number of nitrogens with zero attached hydrogens (tertiary/aromatic N) is 1. The maximum Gasteiger partial charge on any atom is 0.336 e. The normalized spacial score (nSPS) is 12.4. The van der Waals surface area contributed by atoms with Gasteiger partial charge in [-0.2, -0.15) is 0 Å². The molecule has 1 atom stereocenters. The Hall–Kier alpha value is -1.55. The van der Waals surface area contributed by atoms with Crippen molar-refractivity contribution in [2.24, 2.45) is 4.99 Å². The minimum absolute atomic E-state index is 0.588. The summed E-state index contributed by atoms with van der Waals surface area (Å²) in [6.07, 6.45) is 0. The smallest absolute Gasteiger partial charge is 0.336 e. The molecular weight excluding hydrogens is 262 g/mol. The first-order valence-corrected chi connectivity index (χ1v) is 6.39. The lowest BCUT2D eigenvalue weighted by Gasteiger charge is -2.18. The molecule has 0 aromatic heterocycles. The molecule has 0 fully saturated rings. The van der Waals surface area contributed by atoms with Crippen molar-refractivity contribution >= 4 is 23.3 Å². The third kappa shape index (κ3) is 5.75. The molecule has 1 aromatic rings. The summed E-state index contributed by atoms with van der Waals surface area (Å²) in [4.78, 5) is 14.7. The van der Waals surface area contributed by atoms with Crippen LogP contribution in [0.15, 0.2) is 35.3 Å². The Balaban J connectivity index is 0.000000555. The number of carbonyl (C=O) groups is 1. The Morgan fingerprint density at radius 2 is 1.89 bits per heavy atom. The number of aliphatic carboxylic acids is 1. The summed E-state index contributed by atoms with van der Waals surface area (Å²) in [7, 11) is 0. The predicted molar refractivity (Wildman–Crippen MR) is 78.6 cm³/mol. The van der Waals surface area contributed by atoms with Gasteiger partial charge in [-0.25, -0.2) is 9.79 Å². The van der Waals surface area contributed by atoms with E-state index >= 15 is 0 Å². The van der Waals surface area contributed by atoms with E-state index in [1.54, 1.807) is 24.3 Å². The summed E-state index contributed by atoms with van der Waals surface area (Å²) in [6, 6.07) is 8.73. The summed E-state index contributed by atoms with van der Waals surface area (Å²) in [5, 5.41) is 11.2. The average Bonchev–Trinajstić information content (AvgIpc) is 2.41. The zero-order valence-electron chi connectivity index (χ0n) is 11.4. The molecule has 5 heteroatoms. The van der Waals surface area contributed by atoms with Crippen molar-refractivity contribution in [3.63, 3.8) is 0 Å². The van der Waals surface area contributed by atoms with Gasteiger partial charge in [-0.3, -0.25) is 0 Å². The van der Waals surface area contributed by atoms with Crippen molar-refractivity contribution in [2.45, 2.75) is 26.3 Å². The van der Waals surface area contributed by atoms with Gasteiger partial charge in [0.1, 0.15) is 0 Å². The maximum absolute atomic E-state index is 11.0. The molecule has 19 heavy (non-hydrogen) atoms. The maximum atomic E-state index is 11.0. The van der Waals surface area contributed by atoms with Crippen molar-refractivity contribution in [3.05, 3.63) is 35.9 Å². The van der Waals surface area contributed by atoms with Gasteiger partial charge < -0.3 is 9.84 Å². The van der Waals surface area contributed by atoms with Crippen LogP contribution >= 0.6 is 12.2 Å². The van der Waals surface area contributed by atoms with E-state index in [9.17, 15) is 4.79 Å². The first-order valence-electron chi connectivity index (χ1n) is 5.98. The molecule has 0 bridgehead atoms. The molecule has 0 spiro atoms. The number of hydrogen-bond acceptors (Lipinski definition) is 4. The monoisotopic (exact) mass is 281 g/mol. The van der Waals surface area contributed by atoms with Crippen LogP contribution in [0.4, 0.5) is 0 Å². The van der Waals surface area contributed by atoms with Gasteiger partial charge in [0.05, 0.1) is 5.16 Å². The van der Waals surface area contributed by atoms with E-state index < -0.39 is 11.5 Å². The minimum atomic E-state index is -1.33. The van der Waals surface area contributed by atoms with Crippen molar-refractivity contribution in [3.8, 4) is 0 Å². The van der Waals surface area contributed by atoms with Crippen molar-refractivity contribution in [2.75, 3.05) is 13.2 Å². The average molecular weight is 281 g/mol. The number of isothiocyanates is 1. The van der Waals surface area contributed by atoms with E-state index in [2.05, 4.69) is 22.4 Å². The van der Waals surface area contributed by atoms with Gasteiger partial charge in [-0.15, -0.1) is 0 Å². The highest BCUT2D eigenvalue weighted by Gasteiger charge is 2.34. The molecular formula is C14H19NO3S. The topological polar surface area (TPSA) is 58.9 Å². The van der Waals surface area contributed by atoms with E-state index in [1.165, 1.54) is 6.92 Å². The predicted octanol–water partition coefficient (Wildman–Crippen LogP) is 3.13. The van der Waals surface area contributed by atoms with Crippen LogP contribution in [0.2, 0.25) is 0 Å². The van der Waals surface area contributed by atoms with Gasteiger partial charge in [0.2, 0.25) is 0 Å². The molecule has 1 rings (SSSR count). The third-order valence-electron chi connectivity index (χ3n) is 2.43. The SMILES string of the molecule is CC(N=C=S)(C(=O)O)c1ccccc1.CCOCC. The molecule has 0 aliphatic heterocycles. The molecule has 0 heterocycles. The number of rotatable bonds is 5. The third-order valence-corrected chi connectivity index (χ3v) is 2.52. The molecule has 104 valence electrons. The summed E-state index contributed by atoms with van der Waals surface area (Å²) in [5.74, 6) is -1.04. The molecule has 0 aliphatic rings. The summed E-state index contributed by atoms with van der Waals surface area (Å²) >= 11 is 4.44. The Labute approximate surface area is 119 Å². The number of thiocarbonyl (C=S) groups is 1. The van der Waals surface area contributed by atoms with Crippen LogP contribution in [-0.2, 0) is 15.1 Å². The van der Waals surface area contributed by atoms with E-state index in [0.29, 0.717) is 5.56 Å². The number of benzene rings is 1. The summed E-state index contributed by atoms with van der Waals surface area (Å²) in [5.41, 5.74) is -0.743. The highest BCUT2D eigenvalue weighted by molar-refractivity contribution is 7.78. The fraction of sp³-hybridized carbons (Fsp3) is 0.429. The number of hydrogen-bond donors (Lipinski definition) is 1. The van der Waals surface area contributed by atoms with Gasteiger partial charge in [0.25, 0.3) is 0 Å². The highest BCUT2D eigenvalue weighted by Crippen LogP contribution is 2.24. The lowest BCUT2D eigenvalue weighted by molar-refractivity contribution is -0.142. The Morgan fingerprint density at radius 3 is 2.21 bits per heavy atom. The molecule has 0 amide bonds. The Bertz CT molecular complexity index is 424. The van der Waals surface area contributed by atoms with E-state index in [1.807, 2.05) is 19.9 Å². The molecule has 1 unspecified atom stereocenters. The molecule has 1 aromatic carbocycles. The van der Waals surface area contributed by atoms with Crippen LogP contribution in [0.25, 0.3) is 0 Å². The fourth-order valence-electron chi connectivity index (χ4n) is 1.29. The van der Waals surface area contributed by atoms with Crippen LogP contribution < -0.4 is 0 Å². The van der Waals surface area contributed by atoms with Crippen LogP contribution in [0.5, 0.6) is 0 Å². The number of aliphatic imine (C=N–C) groups is 1. The molecule has 1 N–H and O–H groups in total. The van der Waals surface area contributed by atoms with Crippen molar-refractivity contribution in [1.29, 1.82) is 0 Å². The number of carboxylic acid groups (broad SMARTS) is 1. The van der Waals surface area contributed by atoms with Crippen molar-refractivity contribution in [1.82, 2.24) is 0 Å². The highest BCUT2D eigenvalue weighted by atomic mass is 32.1. The van der Waals surface area contributed by atoms with Crippen molar-refractivity contribution < 1.29 is 14.6 Å². The van der Waals surface area contributed by atoms with E-state index in [0.717, 1.165) is 13.2 Å². The van der Waals surface area contributed by atoms with Crippen LogP contribution in [0, 0.1) is 0 Å². The van der Waals surface area contributed by atoms with Gasteiger partial charge in [0.15, 0.2) is 5.54 Å². The molecule has 0 saturated heterocycles. The molecule has 0 aliphatic carbocycles. The quantitative estimate of drug-likeness (QED) is 0.665. The fourth-order valence-corrected chi connectivity index (χ4v) is 1.48. The molecule has 4 nitrogen and oxygen atoms in total. The van der Waals surface area contributed by atoms with E-state index in [4.69, 9.17) is 9.84 Å². The Kier molecular flexibility index (Phi) is 8.62. The summed E-state index contributed by atoms with van der Waals surface area (Å²) in [6.45, 7) is 7.16. The van der Waals surface area contributed by atoms with E-state index in [-0.39, 0.29) is 0 Å². The first-order chi connectivity index (χ1) is 9.02. The van der Waals surface area contributed by atoms with Gasteiger partial charge in [0, 0.05) is 13.2 Å². The standard InChI is InChI=1S/C10H9NO2S.C4H10O/c1-10(9(12)13,11-7-14)8-5-3-2-4-6-8;1-3-5-4-2/h2-6H,1H3,(H,12,13);3-4H2,1-2H3. The lowest BCUT2D eigenvalue weighted by Crippen LogP contribution is -2.29. The summed E-state index contributed by atoms with van der Waals surface area (Å²) < 4.78 is 4.83. The Morgan fingerprint density at radius 1 is 1.37 bits per heavy atom. The van der Waals surface area contributed by atoms with Crippen LogP contribution in [-0.4, -0.2) is 29.5 Å².